The summed E-state index contributed by atoms with van der Waals surface area (Å²) in [6.45, 7) is 13.6. The number of nitrogens with one attached hydrogen (secondary N) is 9. The maximum atomic E-state index is 15.4. The van der Waals surface area contributed by atoms with E-state index in [1.165, 1.54) is 14.5 Å². The van der Waals surface area contributed by atoms with E-state index in [0.717, 1.165) is 21.9 Å². The Labute approximate surface area is 681 Å². The van der Waals surface area contributed by atoms with Crippen molar-refractivity contribution in [1.82, 2.24) is 72.1 Å². The molecule has 1 saturated carbocycles. The van der Waals surface area contributed by atoms with Gasteiger partial charge in [0.2, 0.25) is 57.3 Å². The molecule has 10 bridgehead atoms. The van der Waals surface area contributed by atoms with E-state index in [1.54, 1.807) is 148 Å². The number of rotatable bonds is 17. The van der Waals surface area contributed by atoms with Crippen molar-refractivity contribution in [2.75, 3.05) is 40.4 Å². The van der Waals surface area contributed by atoms with Crippen molar-refractivity contribution in [3.8, 4) is 22.6 Å². The standard InChI is InChI=1S/C86H106N14O16S/c1-51(87-9)75(101)93-73(85(3,4)5)82(108)98-48-62-45-71(98)80(106)91-68(44-56-24-31-58-20-14-15-21-60(58)40-56)78(104)92-70(84(110)111)43-55-25-32-63(33-26-55)114-38-16-17-39-115-65-46-72(99(49-65)83(109)74(86(6,7)8)94-76(102)52(2)88-10)81(107)90-67(41-53-22-29-59(30-23-53)57-18-12-11-13-19-57)77(103)89-69(79(105)96-117(112,113)66-36-37-66)42-54-27-34-64(35-28-54)116-50-61-47-100(62)97-95-61/h11-35,40,47,51-52,62,65-74,87-88H,36-39,41-46,48-50H2,1-10H3,(H,89,103)(H,90,107)(H,91,106)(H,92,104)(H,93,101)(H,94,102)(H,96,105)(H,110,111)/b17-16+/t51-,52-,62-,65-,67-,68-,69-,70-,71-,72-,73+,74+/m0/s1. The second kappa shape index (κ2) is 38.1. The molecular weight excluding hydrogens is 1520 g/mol. The zero-order valence-corrected chi connectivity index (χ0v) is 68.3. The fourth-order valence-electron chi connectivity index (χ4n) is 14.3. The molecule has 0 spiro atoms. The number of likely N-dealkylation sites (N-methyl/N-ethyl adjacent to an activating group) is 2. The Bertz CT molecular complexity index is 4880. The Kier molecular flexibility index (Phi) is 28.2. The van der Waals surface area contributed by atoms with Crippen LogP contribution in [0.2, 0.25) is 0 Å². The van der Waals surface area contributed by atoms with Gasteiger partial charge in [0, 0.05) is 51.6 Å². The number of sulfonamides is 1. The first kappa shape index (κ1) is 86.4. The number of benzene rings is 6. The van der Waals surface area contributed by atoms with E-state index in [4.69, 9.17) is 14.2 Å². The first-order chi connectivity index (χ1) is 55.7. The Morgan fingerprint density at radius 3 is 1.64 bits per heavy atom. The lowest BCUT2D eigenvalue weighted by atomic mass is 9.85. The largest absolute Gasteiger partial charge is 0.490 e. The maximum Gasteiger partial charge on any atom is 0.326 e. The van der Waals surface area contributed by atoms with Gasteiger partial charge >= 0.3 is 5.97 Å². The number of carbonyl (C=O) groups excluding carboxylic acids is 9. The zero-order chi connectivity index (χ0) is 84.0. The number of carbonyl (C=O) groups is 10. The van der Waals surface area contributed by atoms with Crippen LogP contribution in [-0.2, 0) is 95.0 Å². The number of aromatic nitrogens is 3. The molecule has 7 aromatic rings. The van der Waals surface area contributed by atoms with E-state index >= 15 is 24.0 Å². The summed E-state index contributed by atoms with van der Waals surface area (Å²) in [6.07, 6.45) is 4.05. The average Bonchev–Trinajstić information content (AvgIpc) is 1.68. The number of aliphatic carboxylic acids is 1. The van der Waals surface area contributed by atoms with Crippen LogP contribution in [0.4, 0.5) is 0 Å². The number of nitrogens with zero attached hydrogens (tertiary/aromatic N) is 5. The number of carboxylic acids is 1. The minimum absolute atomic E-state index is 0.0180. The number of fused-ring (bicyclic) bond motifs is 1. The number of carboxylic acid groups (broad SMARTS) is 1. The first-order valence-electron chi connectivity index (χ1n) is 39.5. The fraction of sp³-hybridized carbons (Fsp3) is 0.442. The number of hydrogen-bond donors (Lipinski definition) is 10. The van der Waals surface area contributed by atoms with Crippen LogP contribution in [0.15, 0.2) is 164 Å². The van der Waals surface area contributed by atoms with E-state index in [-0.39, 0.29) is 71.4 Å². The molecular formula is C86H106N14O16S. The van der Waals surface area contributed by atoms with Gasteiger partial charge in [-0.25, -0.2) is 17.9 Å². The normalized spacial score (nSPS) is 22.3. The Balaban J connectivity index is 0.922. The highest BCUT2D eigenvalue weighted by Crippen LogP contribution is 2.34. The van der Waals surface area contributed by atoms with E-state index in [2.05, 4.69) is 57.6 Å². The highest BCUT2D eigenvalue weighted by atomic mass is 32.2. The molecule has 1 aliphatic carbocycles. The van der Waals surface area contributed by atoms with Gasteiger partial charge in [-0.15, -0.1) is 5.10 Å². The van der Waals surface area contributed by atoms with Gasteiger partial charge in [-0.2, -0.15) is 0 Å². The van der Waals surface area contributed by atoms with Crippen LogP contribution in [0.25, 0.3) is 21.9 Å². The third-order valence-electron chi connectivity index (χ3n) is 21.6. The zero-order valence-electron chi connectivity index (χ0n) is 67.5. The van der Waals surface area contributed by atoms with E-state index in [0.29, 0.717) is 52.3 Å². The van der Waals surface area contributed by atoms with Crippen LogP contribution >= 0.6 is 0 Å². The van der Waals surface area contributed by atoms with Crippen molar-refractivity contribution < 1.29 is 75.7 Å². The average molecular weight is 1620 g/mol. The number of likely N-dealkylation sites (tertiary alicyclic amines) is 2. The number of amides is 9. The molecule has 7 aliphatic rings. The predicted molar refractivity (Wildman–Crippen MR) is 437 cm³/mol. The smallest absolute Gasteiger partial charge is 0.326 e. The monoisotopic (exact) mass is 1620 g/mol. The number of hydrogen-bond acceptors (Lipinski definition) is 19. The third-order valence-corrected chi connectivity index (χ3v) is 23.5. The molecule has 10 N–H and O–H groups in total. The first-order valence-corrected chi connectivity index (χ1v) is 41.1. The molecule has 0 unspecified atom stereocenters. The van der Waals surface area contributed by atoms with Gasteiger partial charge in [-0.05, 0) is 126 Å². The molecule has 12 atom stereocenters. The van der Waals surface area contributed by atoms with Crippen molar-refractivity contribution >= 4 is 79.9 Å². The fourth-order valence-corrected chi connectivity index (χ4v) is 15.7. The molecule has 3 fully saturated rings. The van der Waals surface area contributed by atoms with Gasteiger partial charge in [-0.3, -0.25) is 47.9 Å². The SMILES string of the molecule is CN[C@@H](C)C(=O)N[C@H](C(=O)N1C[C@@H]2C[C@H]1C(=O)N[C@@H](Cc1ccc3ccccc3c1)C(=O)N[C@H](C(=O)O)Cc1ccc(cc1)OC/C=C/CO[C@H]1C[C@@H](C(=O)N[C@@H](Cc3ccc(-c4ccccc4)cc3)C(=O)N[C@H](C(=O)NS(=O)(=O)C3CC3)Cc3ccc(cc3)OCc3cn2nn3)N(C(=O)[C@@H](NC(=O)[C@H](C)NC)C(C)(C)C)C1)C(C)(C)C. The van der Waals surface area contributed by atoms with Gasteiger partial charge in [0.05, 0.1) is 42.3 Å². The van der Waals surface area contributed by atoms with Crippen LogP contribution in [0.5, 0.6) is 11.5 Å². The van der Waals surface area contributed by atoms with Gasteiger partial charge in [0.1, 0.15) is 78.7 Å². The molecule has 14 rings (SSSR count). The van der Waals surface area contributed by atoms with Crippen LogP contribution < -0.4 is 56.7 Å². The molecule has 6 aliphatic heterocycles. The van der Waals surface area contributed by atoms with E-state index in [1.807, 2.05) is 84.9 Å². The highest BCUT2D eigenvalue weighted by Gasteiger charge is 2.49. The summed E-state index contributed by atoms with van der Waals surface area (Å²) in [4.78, 5) is 149. The number of ether oxygens (including phenoxy) is 3. The lowest BCUT2D eigenvalue weighted by Crippen LogP contribution is -2.61. The molecule has 31 heteroatoms. The molecule has 6 aromatic carbocycles. The molecule has 0 radical (unpaired) electrons. The minimum atomic E-state index is -4.18. The Hall–Kier alpha value is -11.4. The van der Waals surface area contributed by atoms with Crippen molar-refractivity contribution in [1.29, 1.82) is 0 Å². The Morgan fingerprint density at radius 2 is 1.08 bits per heavy atom. The quantitative estimate of drug-likeness (QED) is 0.0540. The predicted octanol–water partition coefficient (Wildman–Crippen LogP) is 4.93. The molecule has 2 saturated heterocycles. The van der Waals surface area contributed by atoms with E-state index in [9.17, 15) is 37.5 Å². The summed E-state index contributed by atoms with van der Waals surface area (Å²) in [5, 5.41) is 43.4. The van der Waals surface area contributed by atoms with E-state index < -0.39 is 158 Å². The second-order valence-electron chi connectivity index (χ2n) is 32.6. The molecule has 622 valence electrons. The highest BCUT2D eigenvalue weighted by molar-refractivity contribution is 7.91. The molecule has 117 heavy (non-hydrogen) atoms. The summed E-state index contributed by atoms with van der Waals surface area (Å²) in [7, 11) is -0.972. The summed E-state index contributed by atoms with van der Waals surface area (Å²) in [5.74, 6) is -6.97. The van der Waals surface area contributed by atoms with Gasteiger partial charge < -0.3 is 71.7 Å². The van der Waals surface area contributed by atoms with Crippen LogP contribution in [0.1, 0.15) is 115 Å². The molecule has 7 heterocycles. The summed E-state index contributed by atoms with van der Waals surface area (Å²) >= 11 is 0. The minimum Gasteiger partial charge on any atom is -0.490 e. The Morgan fingerprint density at radius 1 is 0.573 bits per heavy atom. The lowest BCUT2D eigenvalue weighted by Gasteiger charge is -2.36. The van der Waals surface area contributed by atoms with Gasteiger partial charge in [0.15, 0.2) is 0 Å². The van der Waals surface area contributed by atoms with Crippen molar-refractivity contribution in [2.24, 2.45) is 10.8 Å². The van der Waals surface area contributed by atoms with Crippen LogP contribution in [-0.4, -0.2) is 210 Å². The van der Waals surface area contributed by atoms with Crippen molar-refractivity contribution in [3.63, 3.8) is 0 Å². The third kappa shape index (κ3) is 22.8. The van der Waals surface area contributed by atoms with Crippen molar-refractivity contribution in [3.05, 3.63) is 192 Å². The summed E-state index contributed by atoms with van der Waals surface area (Å²) < 4.78 is 49.4. The molecule has 30 nitrogen and oxygen atoms in total. The topological polar surface area (TPSA) is 398 Å². The molecule has 9 amide bonds. The summed E-state index contributed by atoms with van der Waals surface area (Å²) in [5.41, 5.74) is 2.50. The lowest BCUT2D eigenvalue weighted by molar-refractivity contribution is -0.145. The van der Waals surface area contributed by atoms with Gasteiger partial charge in [-0.1, -0.05) is 174 Å². The molecule has 1 aromatic heterocycles. The van der Waals surface area contributed by atoms with Crippen LogP contribution in [0, 0.1) is 10.8 Å². The maximum absolute atomic E-state index is 15.4. The van der Waals surface area contributed by atoms with Gasteiger partial charge in [0.25, 0.3) is 5.91 Å². The van der Waals surface area contributed by atoms with Crippen LogP contribution in [0.3, 0.4) is 0 Å². The second-order valence-corrected chi connectivity index (χ2v) is 34.6. The van der Waals surface area contributed by atoms with Crippen molar-refractivity contribution in [2.45, 2.75) is 191 Å². The summed E-state index contributed by atoms with van der Waals surface area (Å²) in [6, 6.07) is 30.2.